The van der Waals surface area contributed by atoms with Crippen LogP contribution in [0.1, 0.15) is 10.5 Å². The number of hydrogen-bond donors (Lipinski definition) is 2. The summed E-state index contributed by atoms with van der Waals surface area (Å²) in [5.41, 5.74) is 5.99. The van der Waals surface area contributed by atoms with Crippen LogP contribution in [0.2, 0.25) is 10.0 Å². The van der Waals surface area contributed by atoms with Crippen molar-refractivity contribution in [2.75, 3.05) is 11.9 Å². The zero-order chi connectivity index (χ0) is 13.8. The lowest BCUT2D eigenvalue weighted by Crippen LogP contribution is -2.13. The topological polar surface area (TPSA) is 85.8 Å². The van der Waals surface area contributed by atoms with E-state index in [-0.39, 0.29) is 5.69 Å². The highest BCUT2D eigenvalue weighted by molar-refractivity contribution is 6.35. The molecule has 1 aromatic heterocycles. The molecule has 0 unspecified atom stereocenters. The summed E-state index contributed by atoms with van der Waals surface area (Å²) in [4.78, 5) is 11.9. The second-order valence-electron chi connectivity index (χ2n) is 3.73. The maximum Gasteiger partial charge on any atom is 0.277 e. The molecule has 1 aromatic carbocycles. The highest BCUT2D eigenvalue weighted by atomic mass is 35.5. The molecule has 1 amide bonds. The number of nitrogens with zero attached hydrogens (tertiary/aromatic N) is 3. The number of benzene rings is 1. The van der Waals surface area contributed by atoms with Gasteiger partial charge in [0.2, 0.25) is 0 Å². The summed E-state index contributed by atoms with van der Waals surface area (Å²) >= 11 is 11.8. The van der Waals surface area contributed by atoms with Crippen LogP contribution in [0, 0.1) is 0 Å². The fourth-order valence-corrected chi connectivity index (χ4v) is 1.76. The second kappa shape index (κ2) is 6.01. The fraction of sp³-hybridized carbons (Fsp3) is 0.182. The molecule has 6 nitrogen and oxygen atoms in total. The van der Waals surface area contributed by atoms with Crippen LogP contribution in [-0.4, -0.2) is 27.4 Å². The zero-order valence-corrected chi connectivity index (χ0v) is 11.3. The van der Waals surface area contributed by atoms with E-state index in [9.17, 15) is 4.79 Å². The van der Waals surface area contributed by atoms with Crippen LogP contribution in [-0.2, 0) is 6.54 Å². The van der Waals surface area contributed by atoms with Gasteiger partial charge in [0.05, 0.1) is 23.5 Å². The van der Waals surface area contributed by atoms with Crippen molar-refractivity contribution >= 4 is 34.8 Å². The Morgan fingerprint density at radius 1 is 1.42 bits per heavy atom. The number of nitrogens with two attached hydrogens (primary N) is 1. The molecule has 0 saturated heterocycles. The first kappa shape index (κ1) is 13.8. The third-order valence-corrected chi connectivity index (χ3v) is 2.87. The molecule has 0 atom stereocenters. The van der Waals surface area contributed by atoms with E-state index >= 15 is 0 Å². The van der Waals surface area contributed by atoms with E-state index < -0.39 is 5.91 Å². The van der Waals surface area contributed by atoms with Crippen LogP contribution in [0.3, 0.4) is 0 Å². The molecule has 3 N–H and O–H groups in total. The summed E-state index contributed by atoms with van der Waals surface area (Å²) < 4.78 is 1.49. The predicted octanol–water partition coefficient (Wildman–Crippen LogP) is 1.80. The van der Waals surface area contributed by atoms with Gasteiger partial charge in [-0.3, -0.25) is 9.48 Å². The summed E-state index contributed by atoms with van der Waals surface area (Å²) in [7, 11) is 0. The van der Waals surface area contributed by atoms with Gasteiger partial charge in [0.15, 0.2) is 5.69 Å². The number of halogens is 2. The van der Waals surface area contributed by atoms with Crippen molar-refractivity contribution in [1.29, 1.82) is 0 Å². The Balaban J connectivity index is 2.13. The van der Waals surface area contributed by atoms with E-state index in [2.05, 4.69) is 15.6 Å². The maximum absolute atomic E-state index is 11.9. The normalized spacial score (nSPS) is 10.5. The first-order valence-electron chi connectivity index (χ1n) is 5.47. The van der Waals surface area contributed by atoms with Crippen molar-refractivity contribution < 1.29 is 4.79 Å². The van der Waals surface area contributed by atoms with E-state index in [0.29, 0.717) is 28.8 Å². The summed E-state index contributed by atoms with van der Waals surface area (Å²) in [6, 6.07) is 4.80. The van der Waals surface area contributed by atoms with Crippen LogP contribution in [0.25, 0.3) is 0 Å². The molecule has 0 fully saturated rings. The van der Waals surface area contributed by atoms with Gasteiger partial charge in [-0.05, 0) is 18.2 Å². The Morgan fingerprint density at radius 2 is 2.21 bits per heavy atom. The van der Waals surface area contributed by atoms with E-state index in [1.807, 2.05) is 0 Å². The number of amides is 1. The van der Waals surface area contributed by atoms with Gasteiger partial charge in [-0.25, -0.2) is 0 Å². The minimum atomic E-state index is -0.410. The number of anilines is 1. The van der Waals surface area contributed by atoms with Crippen LogP contribution in [0.15, 0.2) is 24.4 Å². The predicted molar refractivity (Wildman–Crippen MR) is 73.5 cm³/mol. The van der Waals surface area contributed by atoms with E-state index in [0.717, 1.165) is 0 Å². The number of rotatable bonds is 4. The largest absolute Gasteiger partial charge is 0.329 e. The molecule has 0 aliphatic heterocycles. The highest BCUT2D eigenvalue weighted by Crippen LogP contribution is 2.25. The number of aromatic nitrogens is 3. The summed E-state index contributed by atoms with van der Waals surface area (Å²) in [5.74, 6) is -0.410. The van der Waals surface area contributed by atoms with Gasteiger partial charge in [-0.15, -0.1) is 5.10 Å². The van der Waals surface area contributed by atoms with Gasteiger partial charge in [0, 0.05) is 11.6 Å². The smallest absolute Gasteiger partial charge is 0.277 e. The van der Waals surface area contributed by atoms with Crippen molar-refractivity contribution in [2.24, 2.45) is 5.73 Å². The van der Waals surface area contributed by atoms with E-state index in [1.54, 1.807) is 18.2 Å². The molecule has 100 valence electrons. The molecular weight excluding hydrogens is 289 g/mol. The van der Waals surface area contributed by atoms with Gasteiger partial charge >= 0.3 is 0 Å². The highest BCUT2D eigenvalue weighted by Gasteiger charge is 2.12. The van der Waals surface area contributed by atoms with Crippen molar-refractivity contribution in [3.8, 4) is 0 Å². The molecule has 0 aliphatic carbocycles. The first-order chi connectivity index (χ1) is 9.10. The minimum absolute atomic E-state index is 0.185. The number of hydrogen-bond acceptors (Lipinski definition) is 4. The third-order valence-electron chi connectivity index (χ3n) is 2.31. The minimum Gasteiger partial charge on any atom is -0.329 e. The van der Waals surface area contributed by atoms with Gasteiger partial charge < -0.3 is 11.1 Å². The molecule has 0 radical (unpaired) electrons. The fourth-order valence-electron chi connectivity index (χ4n) is 1.42. The molecule has 0 saturated carbocycles. The molecule has 2 aromatic rings. The zero-order valence-electron chi connectivity index (χ0n) is 9.81. The first-order valence-corrected chi connectivity index (χ1v) is 6.22. The van der Waals surface area contributed by atoms with Crippen molar-refractivity contribution in [3.63, 3.8) is 0 Å². The van der Waals surface area contributed by atoms with Gasteiger partial charge in [-0.1, -0.05) is 28.4 Å². The number of carbonyl (C=O) groups is 1. The van der Waals surface area contributed by atoms with Crippen molar-refractivity contribution in [1.82, 2.24) is 15.0 Å². The van der Waals surface area contributed by atoms with Crippen LogP contribution >= 0.6 is 23.2 Å². The lowest BCUT2D eigenvalue weighted by atomic mass is 10.3. The van der Waals surface area contributed by atoms with Crippen molar-refractivity contribution in [3.05, 3.63) is 40.1 Å². The van der Waals surface area contributed by atoms with Crippen LogP contribution < -0.4 is 11.1 Å². The SMILES string of the molecule is NCCn1cc(C(=O)Nc2cc(Cl)ccc2Cl)nn1. The Labute approximate surface area is 119 Å². The third kappa shape index (κ3) is 3.44. The standard InChI is InChI=1S/C11H11Cl2N5O/c12-7-1-2-8(13)9(5-7)15-11(19)10-6-18(4-3-14)17-16-10/h1-2,5-6H,3-4,14H2,(H,15,19). The van der Waals surface area contributed by atoms with Crippen molar-refractivity contribution in [2.45, 2.75) is 6.54 Å². The summed E-state index contributed by atoms with van der Waals surface area (Å²) in [6.07, 6.45) is 1.51. The van der Waals surface area contributed by atoms with E-state index in [4.69, 9.17) is 28.9 Å². The molecule has 0 aliphatic rings. The second-order valence-corrected chi connectivity index (χ2v) is 4.58. The Morgan fingerprint density at radius 3 is 2.95 bits per heavy atom. The Bertz CT molecular complexity index is 599. The van der Waals surface area contributed by atoms with Gasteiger partial charge in [0.1, 0.15) is 0 Å². The lowest BCUT2D eigenvalue weighted by molar-refractivity contribution is 0.102. The maximum atomic E-state index is 11.9. The van der Waals surface area contributed by atoms with Gasteiger partial charge in [-0.2, -0.15) is 0 Å². The molecule has 0 spiro atoms. The summed E-state index contributed by atoms with van der Waals surface area (Å²) in [6.45, 7) is 0.919. The van der Waals surface area contributed by atoms with Crippen LogP contribution in [0.5, 0.6) is 0 Å². The average Bonchev–Trinajstić information content (AvgIpc) is 2.83. The molecule has 0 bridgehead atoms. The quantitative estimate of drug-likeness (QED) is 0.901. The Hall–Kier alpha value is -1.63. The Kier molecular flexibility index (Phi) is 4.36. The molecule has 8 heteroatoms. The molecular formula is C11H11Cl2N5O. The molecule has 2 rings (SSSR count). The summed E-state index contributed by atoms with van der Waals surface area (Å²) in [5, 5.41) is 11.0. The molecule has 19 heavy (non-hydrogen) atoms. The monoisotopic (exact) mass is 299 g/mol. The average molecular weight is 300 g/mol. The number of carbonyl (C=O) groups excluding carboxylic acids is 1. The van der Waals surface area contributed by atoms with Gasteiger partial charge in [0.25, 0.3) is 5.91 Å². The lowest BCUT2D eigenvalue weighted by Gasteiger charge is -2.05. The van der Waals surface area contributed by atoms with E-state index in [1.165, 1.54) is 10.9 Å². The number of nitrogens with one attached hydrogen (secondary N) is 1. The molecule has 1 heterocycles. The van der Waals surface area contributed by atoms with Crippen LogP contribution in [0.4, 0.5) is 5.69 Å².